The molecular formula is C18H19ClF3NO5S. The Kier molecular flexibility index (Phi) is 7.89. The molecule has 160 valence electrons. The summed E-state index contributed by atoms with van der Waals surface area (Å²) < 4.78 is 70.0. The van der Waals surface area contributed by atoms with Gasteiger partial charge in [0.15, 0.2) is 0 Å². The molecule has 0 aliphatic rings. The lowest BCUT2D eigenvalue weighted by Crippen LogP contribution is -2.47. The van der Waals surface area contributed by atoms with Gasteiger partial charge in [0.25, 0.3) is 0 Å². The van der Waals surface area contributed by atoms with E-state index >= 15 is 0 Å². The Morgan fingerprint density at radius 2 is 1.79 bits per heavy atom. The molecular weight excluding hydrogens is 435 g/mol. The van der Waals surface area contributed by atoms with E-state index in [2.05, 4.69) is 4.74 Å². The van der Waals surface area contributed by atoms with Crippen LogP contribution in [0.5, 0.6) is 5.75 Å². The molecule has 2 N–H and O–H groups in total. The van der Waals surface area contributed by atoms with Gasteiger partial charge in [-0.3, -0.25) is 0 Å². The number of halogens is 4. The van der Waals surface area contributed by atoms with Gasteiger partial charge in [0.05, 0.1) is 23.6 Å². The van der Waals surface area contributed by atoms with Gasteiger partial charge in [-0.1, -0.05) is 17.7 Å². The smallest absolute Gasteiger partial charge is 0.387 e. The number of nitrogens with zero attached hydrogens (tertiary/aromatic N) is 1. The third-order valence-electron chi connectivity index (χ3n) is 4.11. The summed E-state index contributed by atoms with van der Waals surface area (Å²) in [6.07, 6.45) is -1.29. The third kappa shape index (κ3) is 5.83. The minimum absolute atomic E-state index is 0.164. The average molecular weight is 454 g/mol. The molecule has 0 heterocycles. The summed E-state index contributed by atoms with van der Waals surface area (Å²) in [6.45, 7) is -3.17. The summed E-state index contributed by atoms with van der Waals surface area (Å²) in [6, 6.07) is 6.73. The zero-order valence-electron chi connectivity index (χ0n) is 15.2. The summed E-state index contributed by atoms with van der Waals surface area (Å²) in [5.41, 5.74) is -0.164. The highest BCUT2D eigenvalue weighted by molar-refractivity contribution is 7.89. The number of hydrogen-bond acceptors (Lipinski definition) is 5. The van der Waals surface area contributed by atoms with Crippen LogP contribution in [0.4, 0.5) is 13.2 Å². The summed E-state index contributed by atoms with van der Waals surface area (Å²) in [5.74, 6) is -1.41. The molecule has 6 nitrogen and oxygen atoms in total. The minimum Gasteiger partial charge on any atom is -0.435 e. The first kappa shape index (κ1) is 23.4. The standard InChI is InChI=1S/C18H19ClF3NO5S/c1-11(25)17(10-24)23(29(26,27)15-6-3-13(19)4-7-15)9-12-2-5-14(8-16(12)20)28-18(21)22/h2-8,11,17-18,24-25H,9-10H2,1H3/t11-,17-/m0/s1. The average Bonchev–Trinajstić information content (AvgIpc) is 2.62. The first-order valence-corrected chi connectivity index (χ1v) is 10.2. The van der Waals surface area contributed by atoms with Gasteiger partial charge in [-0.25, -0.2) is 12.8 Å². The summed E-state index contributed by atoms with van der Waals surface area (Å²) in [7, 11) is -4.28. The van der Waals surface area contributed by atoms with Gasteiger partial charge < -0.3 is 14.9 Å². The molecule has 0 amide bonds. The van der Waals surface area contributed by atoms with E-state index in [4.69, 9.17) is 11.6 Å². The second-order valence-corrected chi connectivity index (χ2v) is 8.45. The maximum atomic E-state index is 14.4. The summed E-state index contributed by atoms with van der Waals surface area (Å²) in [5, 5.41) is 19.9. The Bertz CT molecular complexity index is 926. The maximum Gasteiger partial charge on any atom is 0.387 e. The van der Waals surface area contributed by atoms with Crippen LogP contribution in [0.3, 0.4) is 0 Å². The number of benzene rings is 2. The fourth-order valence-electron chi connectivity index (χ4n) is 2.61. The number of rotatable bonds is 9. The molecule has 0 bridgehead atoms. The number of hydrogen-bond donors (Lipinski definition) is 2. The first-order valence-electron chi connectivity index (χ1n) is 8.35. The third-order valence-corrected chi connectivity index (χ3v) is 6.25. The molecule has 2 atom stereocenters. The van der Waals surface area contributed by atoms with E-state index in [1.54, 1.807) is 0 Å². The largest absolute Gasteiger partial charge is 0.435 e. The van der Waals surface area contributed by atoms with Crippen LogP contribution >= 0.6 is 11.6 Å². The SMILES string of the molecule is C[C@H](O)[C@H](CO)N(Cc1ccc(OC(F)F)cc1F)S(=O)(=O)c1ccc(Cl)cc1. The van der Waals surface area contributed by atoms with Crippen LogP contribution < -0.4 is 4.74 Å². The normalized spacial score (nSPS) is 14.2. The molecule has 2 aromatic carbocycles. The van der Waals surface area contributed by atoms with Gasteiger partial charge in [0.2, 0.25) is 10.0 Å². The monoisotopic (exact) mass is 453 g/mol. The second kappa shape index (κ2) is 9.77. The highest BCUT2D eigenvalue weighted by Gasteiger charge is 2.34. The molecule has 0 saturated heterocycles. The van der Waals surface area contributed by atoms with Gasteiger partial charge in [-0.05, 0) is 37.3 Å². The lowest BCUT2D eigenvalue weighted by molar-refractivity contribution is -0.0500. The molecule has 0 saturated carbocycles. The minimum atomic E-state index is -4.28. The summed E-state index contributed by atoms with van der Waals surface area (Å²) in [4.78, 5) is -0.181. The Labute approximate surface area is 171 Å². The topological polar surface area (TPSA) is 87.1 Å². The first-order chi connectivity index (χ1) is 13.6. The fraction of sp³-hybridized carbons (Fsp3) is 0.333. The lowest BCUT2D eigenvalue weighted by Gasteiger charge is -2.31. The molecule has 0 radical (unpaired) electrons. The Morgan fingerprint density at radius 3 is 2.28 bits per heavy atom. The van der Waals surface area contributed by atoms with Crippen LogP contribution in [0.1, 0.15) is 12.5 Å². The van der Waals surface area contributed by atoms with Gasteiger partial charge in [-0.2, -0.15) is 13.1 Å². The van der Waals surface area contributed by atoms with Crippen LogP contribution in [-0.2, 0) is 16.6 Å². The van der Waals surface area contributed by atoms with Crippen molar-refractivity contribution in [2.75, 3.05) is 6.61 Å². The zero-order valence-corrected chi connectivity index (χ0v) is 16.7. The molecule has 2 rings (SSSR count). The van der Waals surface area contributed by atoms with Crippen molar-refractivity contribution in [1.29, 1.82) is 0 Å². The maximum absolute atomic E-state index is 14.4. The van der Waals surface area contributed by atoms with Crippen molar-refractivity contribution >= 4 is 21.6 Å². The number of sulfonamides is 1. The van der Waals surface area contributed by atoms with Crippen LogP contribution in [-0.4, -0.2) is 48.3 Å². The van der Waals surface area contributed by atoms with Crippen molar-refractivity contribution in [2.24, 2.45) is 0 Å². The summed E-state index contributed by atoms with van der Waals surface area (Å²) >= 11 is 5.78. The molecule has 0 aromatic heterocycles. The van der Waals surface area contributed by atoms with Gasteiger partial charge in [-0.15, -0.1) is 0 Å². The molecule has 0 unspecified atom stereocenters. The van der Waals surface area contributed by atoms with Gasteiger partial charge >= 0.3 is 6.61 Å². The number of aliphatic hydroxyl groups excluding tert-OH is 2. The Morgan fingerprint density at radius 1 is 1.17 bits per heavy atom. The highest BCUT2D eigenvalue weighted by atomic mass is 35.5. The molecule has 0 fully saturated rings. The predicted octanol–water partition coefficient (Wildman–Crippen LogP) is 3.01. The van der Waals surface area contributed by atoms with E-state index in [1.807, 2.05) is 0 Å². The highest BCUT2D eigenvalue weighted by Crippen LogP contribution is 2.26. The van der Waals surface area contributed by atoms with E-state index in [0.29, 0.717) is 11.1 Å². The van der Waals surface area contributed by atoms with Gasteiger partial charge in [0, 0.05) is 23.2 Å². The number of aliphatic hydroxyl groups is 2. The Balaban J connectivity index is 2.45. The Hall–Kier alpha value is -1.85. The van der Waals surface area contributed by atoms with Crippen molar-refractivity contribution in [3.8, 4) is 5.75 Å². The predicted molar refractivity (Wildman–Crippen MR) is 99.8 cm³/mol. The molecule has 2 aromatic rings. The fourth-order valence-corrected chi connectivity index (χ4v) is 4.39. The van der Waals surface area contributed by atoms with Crippen molar-refractivity contribution in [3.05, 3.63) is 58.9 Å². The van der Waals surface area contributed by atoms with Crippen LogP contribution in [0.2, 0.25) is 5.02 Å². The van der Waals surface area contributed by atoms with E-state index in [9.17, 15) is 31.8 Å². The zero-order chi connectivity index (χ0) is 21.8. The van der Waals surface area contributed by atoms with E-state index in [1.165, 1.54) is 31.2 Å². The van der Waals surface area contributed by atoms with Crippen molar-refractivity contribution in [2.45, 2.75) is 37.1 Å². The second-order valence-electron chi connectivity index (χ2n) is 6.13. The van der Waals surface area contributed by atoms with Gasteiger partial charge in [0.1, 0.15) is 11.6 Å². The van der Waals surface area contributed by atoms with Crippen LogP contribution in [0, 0.1) is 5.82 Å². The molecule has 11 heteroatoms. The van der Waals surface area contributed by atoms with Crippen LogP contribution in [0.15, 0.2) is 47.4 Å². The van der Waals surface area contributed by atoms with Crippen molar-refractivity contribution in [1.82, 2.24) is 4.31 Å². The van der Waals surface area contributed by atoms with Crippen molar-refractivity contribution in [3.63, 3.8) is 0 Å². The van der Waals surface area contributed by atoms with Crippen LogP contribution in [0.25, 0.3) is 0 Å². The van der Waals surface area contributed by atoms with E-state index in [0.717, 1.165) is 16.4 Å². The quantitative estimate of drug-likeness (QED) is 0.609. The number of ether oxygens (including phenoxy) is 1. The number of alkyl halides is 2. The molecule has 0 spiro atoms. The molecule has 0 aliphatic heterocycles. The molecule has 29 heavy (non-hydrogen) atoms. The van der Waals surface area contributed by atoms with E-state index in [-0.39, 0.29) is 10.5 Å². The van der Waals surface area contributed by atoms with Crippen molar-refractivity contribution < 1.29 is 36.5 Å². The lowest BCUT2D eigenvalue weighted by atomic mass is 10.1. The van der Waals surface area contributed by atoms with E-state index < -0.39 is 53.5 Å². The molecule has 0 aliphatic carbocycles.